The molecule has 0 bridgehead atoms. The molecule has 0 heterocycles. The van der Waals surface area contributed by atoms with Crippen molar-refractivity contribution in [1.82, 2.24) is 0 Å². The Labute approximate surface area is 139 Å². The monoisotopic (exact) mass is 361 g/mol. The molecule has 0 aliphatic rings. The molecule has 2 aromatic carbocycles. The van der Waals surface area contributed by atoms with Crippen LogP contribution in [-0.4, -0.2) is 12.0 Å². The fraction of sp³-hybridized carbons (Fsp3) is 0.278. The number of ether oxygens (including phenoxy) is 1. The summed E-state index contributed by atoms with van der Waals surface area (Å²) in [4.78, 5) is 12.4. The molecular formula is C18H20BrNO2. The molecule has 0 aliphatic carbocycles. The molecule has 2 rings (SSSR count). The maximum atomic E-state index is 12.4. The van der Waals surface area contributed by atoms with E-state index in [1.807, 2.05) is 63.2 Å². The van der Waals surface area contributed by atoms with Crippen LogP contribution in [0.4, 0.5) is 5.69 Å². The minimum atomic E-state index is -0.514. The Morgan fingerprint density at radius 2 is 1.95 bits per heavy atom. The molecule has 3 nitrogen and oxygen atoms in total. The van der Waals surface area contributed by atoms with E-state index in [2.05, 4.69) is 21.2 Å². The molecule has 0 aliphatic heterocycles. The Hall–Kier alpha value is -1.81. The van der Waals surface area contributed by atoms with Crippen molar-refractivity contribution in [3.63, 3.8) is 0 Å². The smallest absolute Gasteiger partial charge is 0.265 e. The van der Waals surface area contributed by atoms with Crippen LogP contribution in [0.25, 0.3) is 0 Å². The SMILES string of the molecule is CC[C@@H](Oc1cccc(C)c1C)C(=O)Nc1cccc(Br)c1. The molecule has 0 radical (unpaired) electrons. The number of hydrogen-bond donors (Lipinski definition) is 1. The zero-order chi connectivity index (χ0) is 16.1. The molecule has 1 amide bonds. The van der Waals surface area contributed by atoms with E-state index in [9.17, 15) is 4.79 Å². The molecule has 1 N–H and O–H groups in total. The standard InChI is InChI=1S/C18H20BrNO2/c1-4-16(22-17-10-5-7-12(2)13(17)3)18(21)20-15-9-6-8-14(19)11-15/h5-11,16H,4H2,1-3H3,(H,20,21)/t16-/m1/s1. The first-order valence-corrected chi connectivity index (χ1v) is 8.10. The Morgan fingerprint density at radius 1 is 1.23 bits per heavy atom. The quantitative estimate of drug-likeness (QED) is 0.825. The molecule has 22 heavy (non-hydrogen) atoms. The summed E-state index contributed by atoms with van der Waals surface area (Å²) >= 11 is 3.39. The molecule has 0 unspecified atom stereocenters. The maximum Gasteiger partial charge on any atom is 0.265 e. The number of anilines is 1. The first kappa shape index (κ1) is 16.6. The number of halogens is 1. The van der Waals surface area contributed by atoms with E-state index >= 15 is 0 Å². The zero-order valence-electron chi connectivity index (χ0n) is 13.0. The van der Waals surface area contributed by atoms with Gasteiger partial charge in [-0.3, -0.25) is 4.79 Å². The number of nitrogens with one attached hydrogen (secondary N) is 1. The zero-order valence-corrected chi connectivity index (χ0v) is 14.6. The average Bonchev–Trinajstić information content (AvgIpc) is 2.48. The summed E-state index contributed by atoms with van der Waals surface area (Å²) < 4.78 is 6.84. The summed E-state index contributed by atoms with van der Waals surface area (Å²) in [5, 5.41) is 2.89. The van der Waals surface area contributed by atoms with Crippen LogP contribution in [0.1, 0.15) is 24.5 Å². The summed E-state index contributed by atoms with van der Waals surface area (Å²) in [6.07, 6.45) is 0.0900. The van der Waals surface area contributed by atoms with E-state index < -0.39 is 6.10 Å². The molecule has 0 spiro atoms. The number of rotatable bonds is 5. The van der Waals surface area contributed by atoms with Gasteiger partial charge in [0.05, 0.1) is 0 Å². The Morgan fingerprint density at radius 3 is 2.64 bits per heavy atom. The largest absolute Gasteiger partial charge is 0.480 e. The van der Waals surface area contributed by atoms with Gasteiger partial charge in [0.15, 0.2) is 6.10 Å². The minimum absolute atomic E-state index is 0.137. The molecule has 1 atom stereocenters. The molecule has 116 valence electrons. The van der Waals surface area contributed by atoms with E-state index in [0.29, 0.717) is 6.42 Å². The van der Waals surface area contributed by atoms with Gasteiger partial charge in [0.1, 0.15) is 5.75 Å². The van der Waals surface area contributed by atoms with E-state index in [1.165, 1.54) is 0 Å². The highest BCUT2D eigenvalue weighted by Crippen LogP contribution is 2.23. The van der Waals surface area contributed by atoms with Gasteiger partial charge in [0, 0.05) is 10.2 Å². The lowest BCUT2D eigenvalue weighted by Crippen LogP contribution is -2.32. The number of carbonyl (C=O) groups is 1. The van der Waals surface area contributed by atoms with Crippen molar-refractivity contribution in [3.8, 4) is 5.75 Å². The number of hydrogen-bond acceptors (Lipinski definition) is 2. The highest BCUT2D eigenvalue weighted by molar-refractivity contribution is 9.10. The molecule has 0 saturated heterocycles. The Bertz CT molecular complexity index is 670. The second-order valence-corrected chi connectivity index (χ2v) is 6.13. The number of benzene rings is 2. The van der Waals surface area contributed by atoms with Gasteiger partial charge in [0.25, 0.3) is 5.91 Å². The van der Waals surface area contributed by atoms with Crippen molar-refractivity contribution in [2.24, 2.45) is 0 Å². The highest BCUT2D eigenvalue weighted by Gasteiger charge is 2.19. The second-order valence-electron chi connectivity index (χ2n) is 5.21. The number of aryl methyl sites for hydroxylation is 1. The Balaban J connectivity index is 2.10. The lowest BCUT2D eigenvalue weighted by atomic mass is 10.1. The van der Waals surface area contributed by atoms with Crippen LogP contribution in [0.3, 0.4) is 0 Å². The van der Waals surface area contributed by atoms with Crippen LogP contribution < -0.4 is 10.1 Å². The molecular weight excluding hydrogens is 342 g/mol. The first-order valence-electron chi connectivity index (χ1n) is 7.30. The molecule has 4 heteroatoms. The predicted octanol–water partition coefficient (Wildman–Crippen LogP) is 4.86. The van der Waals surface area contributed by atoms with Crippen LogP contribution in [-0.2, 0) is 4.79 Å². The van der Waals surface area contributed by atoms with Gasteiger partial charge in [-0.25, -0.2) is 0 Å². The number of carbonyl (C=O) groups excluding carboxylic acids is 1. The number of amides is 1. The topological polar surface area (TPSA) is 38.3 Å². The maximum absolute atomic E-state index is 12.4. The van der Waals surface area contributed by atoms with Crippen molar-refractivity contribution in [3.05, 3.63) is 58.1 Å². The van der Waals surface area contributed by atoms with Gasteiger partial charge in [-0.15, -0.1) is 0 Å². The lowest BCUT2D eigenvalue weighted by molar-refractivity contribution is -0.122. The van der Waals surface area contributed by atoms with Crippen LogP contribution in [0, 0.1) is 13.8 Å². The van der Waals surface area contributed by atoms with Gasteiger partial charge in [0.2, 0.25) is 0 Å². The van der Waals surface area contributed by atoms with Gasteiger partial charge in [-0.2, -0.15) is 0 Å². The third-order valence-corrected chi connectivity index (χ3v) is 4.07. The van der Waals surface area contributed by atoms with Crippen LogP contribution in [0.5, 0.6) is 5.75 Å². The molecule has 0 saturated carbocycles. The highest BCUT2D eigenvalue weighted by atomic mass is 79.9. The van der Waals surface area contributed by atoms with Crippen molar-refractivity contribution in [2.75, 3.05) is 5.32 Å². The van der Waals surface area contributed by atoms with Crippen LogP contribution in [0.15, 0.2) is 46.9 Å². The van der Waals surface area contributed by atoms with Crippen molar-refractivity contribution >= 4 is 27.5 Å². The molecule has 0 fully saturated rings. The van der Waals surface area contributed by atoms with Gasteiger partial charge in [-0.1, -0.05) is 41.1 Å². The van der Waals surface area contributed by atoms with Crippen LogP contribution in [0.2, 0.25) is 0 Å². The van der Waals surface area contributed by atoms with Gasteiger partial charge in [-0.05, 0) is 55.7 Å². The molecule has 2 aromatic rings. The fourth-order valence-corrected chi connectivity index (χ4v) is 2.52. The predicted molar refractivity (Wildman–Crippen MR) is 93.4 cm³/mol. The summed E-state index contributed by atoms with van der Waals surface area (Å²) in [5.41, 5.74) is 2.97. The molecule has 0 aromatic heterocycles. The van der Waals surface area contributed by atoms with Gasteiger partial charge < -0.3 is 10.1 Å². The fourth-order valence-electron chi connectivity index (χ4n) is 2.12. The summed E-state index contributed by atoms with van der Waals surface area (Å²) in [6.45, 7) is 5.98. The Kier molecular flexibility index (Phi) is 5.61. The normalized spacial score (nSPS) is 11.8. The van der Waals surface area contributed by atoms with E-state index in [1.54, 1.807) is 0 Å². The average molecular weight is 362 g/mol. The lowest BCUT2D eigenvalue weighted by Gasteiger charge is -2.19. The van der Waals surface area contributed by atoms with Gasteiger partial charge >= 0.3 is 0 Å². The summed E-state index contributed by atoms with van der Waals surface area (Å²) in [6, 6.07) is 13.4. The van der Waals surface area contributed by atoms with Crippen molar-refractivity contribution in [1.29, 1.82) is 0 Å². The summed E-state index contributed by atoms with van der Waals surface area (Å²) in [7, 11) is 0. The van der Waals surface area contributed by atoms with E-state index in [4.69, 9.17) is 4.74 Å². The third kappa shape index (κ3) is 4.10. The summed E-state index contributed by atoms with van der Waals surface area (Å²) in [5.74, 6) is 0.623. The first-order chi connectivity index (χ1) is 10.5. The van der Waals surface area contributed by atoms with Crippen molar-refractivity contribution < 1.29 is 9.53 Å². The minimum Gasteiger partial charge on any atom is -0.480 e. The third-order valence-electron chi connectivity index (χ3n) is 3.58. The van der Waals surface area contributed by atoms with Crippen molar-refractivity contribution in [2.45, 2.75) is 33.3 Å². The van der Waals surface area contributed by atoms with Crippen LogP contribution >= 0.6 is 15.9 Å². The van der Waals surface area contributed by atoms with E-state index in [0.717, 1.165) is 27.0 Å². The van der Waals surface area contributed by atoms with E-state index in [-0.39, 0.29) is 5.91 Å². The second kappa shape index (κ2) is 7.45.